The largest absolute Gasteiger partial charge is 0.369 e. The summed E-state index contributed by atoms with van der Waals surface area (Å²) in [6, 6.07) is 0. The van der Waals surface area contributed by atoms with E-state index in [4.69, 9.17) is 0 Å². The molecule has 0 radical (unpaired) electrons. The van der Waals surface area contributed by atoms with Gasteiger partial charge in [-0.2, -0.15) is 4.52 Å². The smallest absolute Gasteiger partial charge is 0.199 e. The molecule has 2 heterocycles. The monoisotopic (exact) mass is 246 g/mol. The Labute approximate surface area is 106 Å². The lowest BCUT2D eigenvalue weighted by Gasteiger charge is -2.10. The number of hydrogen-bond acceptors (Lipinski definition) is 5. The quantitative estimate of drug-likeness (QED) is 0.816. The normalized spacial score (nSPS) is 16.4. The number of aromatic nitrogens is 5. The number of tetrazole rings is 1. The highest BCUT2D eigenvalue weighted by Gasteiger charge is 2.14. The van der Waals surface area contributed by atoms with Crippen LogP contribution in [-0.2, 0) is 0 Å². The van der Waals surface area contributed by atoms with Crippen molar-refractivity contribution in [1.82, 2.24) is 25.0 Å². The Morgan fingerprint density at radius 2 is 2.17 bits per heavy atom. The minimum absolute atomic E-state index is 0.677. The van der Waals surface area contributed by atoms with E-state index in [2.05, 4.69) is 25.8 Å². The molecule has 1 saturated carbocycles. The second-order valence-corrected chi connectivity index (χ2v) is 4.96. The van der Waals surface area contributed by atoms with Crippen LogP contribution >= 0.6 is 0 Å². The molecule has 0 bridgehead atoms. The summed E-state index contributed by atoms with van der Waals surface area (Å²) in [7, 11) is 0. The van der Waals surface area contributed by atoms with Crippen LogP contribution in [0.15, 0.2) is 12.4 Å². The summed E-state index contributed by atoms with van der Waals surface area (Å²) >= 11 is 0. The Morgan fingerprint density at radius 3 is 3.06 bits per heavy atom. The van der Waals surface area contributed by atoms with Crippen LogP contribution in [0.4, 0.5) is 5.82 Å². The molecule has 1 aliphatic rings. The third kappa shape index (κ3) is 2.42. The lowest BCUT2D eigenvalue weighted by Crippen LogP contribution is -2.08. The van der Waals surface area contributed by atoms with Crippen LogP contribution in [0.5, 0.6) is 0 Å². The third-order valence-electron chi connectivity index (χ3n) is 3.68. The molecular weight excluding hydrogens is 228 g/mol. The van der Waals surface area contributed by atoms with Crippen molar-refractivity contribution in [3.63, 3.8) is 0 Å². The molecule has 2 aromatic heterocycles. The van der Waals surface area contributed by atoms with Gasteiger partial charge in [0.05, 0.1) is 12.4 Å². The number of nitrogens with zero attached hydrogens (tertiary/aromatic N) is 5. The molecule has 0 atom stereocenters. The van der Waals surface area contributed by atoms with Crippen molar-refractivity contribution in [2.45, 2.75) is 38.5 Å². The molecule has 0 aromatic carbocycles. The summed E-state index contributed by atoms with van der Waals surface area (Å²) < 4.78 is 1.68. The summed E-state index contributed by atoms with van der Waals surface area (Å²) in [5.74, 6) is 1.82. The molecule has 18 heavy (non-hydrogen) atoms. The van der Waals surface area contributed by atoms with E-state index in [0.29, 0.717) is 5.65 Å². The van der Waals surface area contributed by atoms with Gasteiger partial charge in [-0.3, -0.25) is 4.98 Å². The zero-order valence-corrected chi connectivity index (χ0v) is 10.4. The highest BCUT2D eigenvalue weighted by molar-refractivity contribution is 5.43. The van der Waals surface area contributed by atoms with Crippen LogP contribution in [0, 0.1) is 5.92 Å². The van der Waals surface area contributed by atoms with Crippen LogP contribution in [0.2, 0.25) is 0 Å². The molecule has 0 saturated heterocycles. The topological polar surface area (TPSA) is 68.0 Å². The van der Waals surface area contributed by atoms with Crippen molar-refractivity contribution in [2.75, 3.05) is 11.9 Å². The first-order chi connectivity index (χ1) is 8.93. The lowest BCUT2D eigenvalue weighted by molar-refractivity contribution is 0.491. The highest BCUT2D eigenvalue weighted by Crippen LogP contribution is 2.28. The van der Waals surface area contributed by atoms with Crippen molar-refractivity contribution in [3.05, 3.63) is 12.4 Å². The van der Waals surface area contributed by atoms with Gasteiger partial charge in [0.2, 0.25) is 0 Å². The first kappa shape index (κ1) is 11.4. The Balaban J connectivity index is 1.51. The molecule has 3 rings (SSSR count). The van der Waals surface area contributed by atoms with Gasteiger partial charge in [0.1, 0.15) is 5.82 Å². The predicted octanol–water partition coefficient (Wildman–Crippen LogP) is 1.90. The summed E-state index contributed by atoms with van der Waals surface area (Å²) in [4.78, 5) is 4.12. The van der Waals surface area contributed by atoms with E-state index in [0.717, 1.165) is 18.3 Å². The van der Waals surface area contributed by atoms with E-state index in [-0.39, 0.29) is 0 Å². The van der Waals surface area contributed by atoms with Crippen LogP contribution in [0.3, 0.4) is 0 Å². The zero-order valence-electron chi connectivity index (χ0n) is 10.4. The predicted molar refractivity (Wildman–Crippen MR) is 68.3 cm³/mol. The fraction of sp³-hybridized carbons (Fsp3) is 0.667. The highest BCUT2D eigenvalue weighted by atomic mass is 15.5. The van der Waals surface area contributed by atoms with Crippen LogP contribution in [-0.4, -0.2) is 31.6 Å². The molecule has 0 amide bonds. The van der Waals surface area contributed by atoms with E-state index in [1.54, 1.807) is 16.9 Å². The van der Waals surface area contributed by atoms with Crippen molar-refractivity contribution in [1.29, 1.82) is 0 Å². The number of hydrogen-bond donors (Lipinski definition) is 1. The SMILES string of the molecule is c1ncc2nnnn2c1NCCCC1CCCC1. The van der Waals surface area contributed by atoms with Gasteiger partial charge in [-0.15, -0.1) is 5.10 Å². The fourth-order valence-electron chi connectivity index (χ4n) is 2.70. The van der Waals surface area contributed by atoms with Gasteiger partial charge in [0.15, 0.2) is 5.65 Å². The second-order valence-electron chi connectivity index (χ2n) is 4.96. The minimum atomic E-state index is 0.677. The van der Waals surface area contributed by atoms with Crippen LogP contribution < -0.4 is 5.32 Å². The standard InChI is InChI=1S/C12H18N6/c1-2-5-10(4-1)6-3-7-14-11-8-13-9-12-15-16-17-18(11)12/h8-10,14H,1-7H2. The molecule has 6 heteroatoms. The maximum absolute atomic E-state index is 4.12. The third-order valence-corrected chi connectivity index (χ3v) is 3.68. The van der Waals surface area contributed by atoms with Gasteiger partial charge in [-0.1, -0.05) is 25.7 Å². The molecule has 1 N–H and O–H groups in total. The van der Waals surface area contributed by atoms with E-state index in [9.17, 15) is 0 Å². The minimum Gasteiger partial charge on any atom is -0.369 e. The molecule has 96 valence electrons. The van der Waals surface area contributed by atoms with Gasteiger partial charge < -0.3 is 5.32 Å². The molecule has 1 fully saturated rings. The molecule has 1 aliphatic carbocycles. The van der Waals surface area contributed by atoms with Crippen LogP contribution in [0.1, 0.15) is 38.5 Å². The summed E-state index contributed by atoms with van der Waals surface area (Å²) in [5, 5.41) is 14.8. The van der Waals surface area contributed by atoms with Crippen molar-refractivity contribution in [3.8, 4) is 0 Å². The van der Waals surface area contributed by atoms with E-state index in [1.807, 2.05) is 0 Å². The number of rotatable bonds is 5. The van der Waals surface area contributed by atoms with Crippen molar-refractivity contribution < 1.29 is 0 Å². The molecular formula is C12H18N6. The average molecular weight is 246 g/mol. The Hall–Kier alpha value is -1.72. The Kier molecular flexibility index (Phi) is 3.34. The summed E-state index contributed by atoms with van der Waals surface area (Å²) in [6.45, 7) is 0.956. The summed E-state index contributed by atoms with van der Waals surface area (Å²) in [5.41, 5.74) is 0.677. The van der Waals surface area contributed by atoms with Crippen LogP contribution in [0.25, 0.3) is 5.65 Å². The van der Waals surface area contributed by atoms with Crippen molar-refractivity contribution in [2.24, 2.45) is 5.92 Å². The van der Waals surface area contributed by atoms with E-state index in [1.165, 1.54) is 38.5 Å². The maximum Gasteiger partial charge on any atom is 0.199 e. The average Bonchev–Trinajstić information content (AvgIpc) is 3.05. The molecule has 0 spiro atoms. The Bertz CT molecular complexity index is 502. The Morgan fingerprint density at radius 1 is 1.28 bits per heavy atom. The van der Waals surface area contributed by atoms with Gasteiger partial charge >= 0.3 is 0 Å². The van der Waals surface area contributed by atoms with Gasteiger partial charge in [-0.05, 0) is 29.2 Å². The molecule has 6 nitrogen and oxygen atoms in total. The molecule has 2 aromatic rings. The van der Waals surface area contributed by atoms with Gasteiger partial charge in [0, 0.05) is 6.54 Å². The van der Waals surface area contributed by atoms with Gasteiger partial charge in [-0.25, -0.2) is 0 Å². The number of nitrogens with one attached hydrogen (secondary N) is 1. The maximum atomic E-state index is 4.12. The first-order valence-electron chi connectivity index (χ1n) is 6.69. The number of fused-ring (bicyclic) bond motifs is 1. The van der Waals surface area contributed by atoms with E-state index < -0.39 is 0 Å². The number of anilines is 1. The molecule has 0 unspecified atom stereocenters. The first-order valence-corrected chi connectivity index (χ1v) is 6.69. The molecule has 0 aliphatic heterocycles. The van der Waals surface area contributed by atoms with Crippen molar-refractivity contribution >= 4 is 11.5 Å². The zero-order chi connectivity index (χ0) is 12.2. The fourth-order valence-corrected chi connectivity index (χ4v) is 2.70. The van der Waals surface area contributed by atoms with E-state index >= 15 is 0 Å². The lowest BCUT2D eigenvalue weighted by atomic mass is 10.0. The van der Waals surface area contributed by atoms with Gasteiger partial charge in [0.25, 0.3) is 0 Å². The summed E-state index contributed by atoms with van der Waals surface area (Å²) in [6.07, 6.45) is 11.6. The second kappa shape index (κ2) is 5.29.